The van der Waals surface area contributed by atoms with E-state index >= 15 is 0 Å². The van der Waals surface area contributed by atoms with Gasteiger partial charge in [0.15, 0.2) is 6.19 Å². The van der Waals surface area contributed by atoms with Gasteiger partial charge >= 0.3 is 0 Å². The summed E-state index contributed by atoms with van der Waals surface area (Å²) in [4.78, 5) is 21.4. The minimum Gasteiger partial charge on any atom is -0.351 e. The number of fused-ring (bicyclic) bond motifs is 2. The average Bonchev–Trinajstić information content (AvgIpc) is 3.35. The van der Waals surface area contributed by atoms with Crippen LogP contribution in [-0.2, 0) is 0 Å². The van der Waals surface area contributed by atoms with Crippen LogP contribution in [0.3, 0.4) is 0 Å². The van der Waals surface area contributed by atoms with Gasteiger partial charge in [0.2, 0.25) is 0 Å². The maximum atomic E-state index is 9.05. The van der Waals surface area contributed by atoms with Crippen LogP contribution in [0.5, 0.6) is 0 Å². The number of nitriles is 1. The molecule has 1 fully saturated rings. The molecule has 1 aliphatic heterocycles. The van der Waals surface area contributed by atoms with Crippen molar-refractivity contribution in [3.8, 4) is 17.5 Å². The number of nitrogens with zero attached hydrogens (tertiary/aromatic N) is 6. The fourth-order valence-electron chi connectivity index (χ4n) is 4.39. The maximum absolute atomic E-state index is 9.05. The predicted molar refractivity (Wildman–Crippen MR) is 131 cm³/mol. The van der Waals surface area contributed by atoms with Crippen molar-refractivity contribution < 1.29 is 0 Å². The highest BCUT2D eigenvalue weighted by molar-refractivity contribution is 5.94. The molecule has 2 aromatic heterocycles. The zero-order valence-corrected chi connectivity index (χ0v) is 18.5. The first-order chi connectivity index (χ1) is 16.8. The van der Waals surface area contributed by atoms with Gasteiger partial charge in [-0.15, -0.1) is 0 Å². The third-order valence-electron chi connectivity index (χ3n) is 6.25. The number of H-pyrrole nitrogens is 1. The molecule has 1 aliphatic carbocycles. The lowest BCUT2D eigenvalue weighted by atomic mass is 10.0. The summed E-state index contributed by atoms with van der Waals surface area (Å²) in [5.41, 5.74) is 14.9. The van der Waals surface area contributed by atoms with Gasteiger partial charge in [0.05, 0.1) is 33.3 Å². The van der Waals surface area contributed by atoms with E-state index in [1.807, 2.05) is 30.3 Å². The number of piperazine rings is 1. The molecule has 0 saturated carbocycles. The number of hydrogen-bond acceptors (Lipinski definition) is 6. The Kier molecular flexibility index (Phi) is 5.03. The van der Waals surface area contributed by atoms with Crippen molar-refractivity contribution in [1.29, 1.82) is 5.26 Å². The van der Waals surface area contributed by atoms with Crippen molar-refractivity contribution >= 4 is 27.6 Å². The highest BCUT2D eigenvalue weighted by Gasteiger charge is 2.18. The van der Waals surface area contributed by atoms with Gasteiger partial charge in [0.1, 0.15) is 12.0 Å². The number of nitrogens with one attached hydrogen (secondary N) is 1. The molecule has 1 N–H and O–H groups in total. The number of allylic oxidation sites excluding steroid dienone is 2. The standard InChI is InChI=1S/C27H21N7/c28-17-34-12-10-33(11-13-34)16-19-6-8-21(9-7-19)27-26(20-4-2-1-3-5-20)31-24-14-22-23(30-18-29-22)15-25(24)32-27/h1-6,8,14-15,18,31H,10-13,16H2. The van der Waals surface area contributed by atoms with Crippen LogP contribution in [0.2, 0.25) is 0 Å². The molecule has 6 rings (SSSR count). The van der Waals surface area contributed by atoms with E-state index in [1.54, 1.807) is 11.2 Å². The zero-order valence-electron chi connectivity index (χ0n) is 18.5. The predicted octanol–water partition coefficient (Wildman–Crippen LogP) is 3.91. The zero-order chi connectivity index (χ0) is 22.9. The highest BCUT2D eigenvalue weighted by Crippen LogP contribution is 2.30. The summed E-state index contributed by atoms with van der Waals surface area (Å²) < 4.78 is 0. The highest BCUT2D eigenvalue weighted by atomic mass is 15.3. The van der Waals surface area contributed by atoms with Crippen LogP contribution in [0.1, 0.15) is 5.69 Å². The SMILES string of the molecule is N#CN1CCN(CC2=C=C=C(c3nc4cc5ncnc5cc4[nH]c3-c3ccccc3)C=C2)CC1. The quantitative estimate of drug-likeness (QED) is 0.380. The van der Waals surface area contributed by atoms with Gasteiger partial charge < -0.3 is 9.88 Å². The summed E-state index contributed by atoms with van der Waals surface area (Å²) in [6.45, 7) is 4.10. The lowest BCUT2D eigenvalue weighted by molar-refractivity contribution is 0.186. The van der Waals surface area contributed by atoms with Crippen LogP contribution in [0.15, 0.2) is 78.0 Å². The second-order valence-electron chi connectivity index (χ2n) is 8.44. The van der Waals surface area contributed by atoms with Gasteiger partial charge in [-0.3, -0.25) is 4.90 Å². The van der Waals surface area contributed by atoms with Gasteiger partial charge in [-0.05, 0) is 24.3 Å². The third-order valence-corrected chi connectivity index (χ3v) is 6.25. The molecule has 7 nitrogen and oxygen atoms in total. The fourth-order valence-corrected chi connectivity index (χ4v) is 4.39. The molecule has 2 aromatic carbocycles. The molecular formula is C27H21N7. The van der Waals surface area contributed by atoms with Crippen molar-refractivity contribution in [2.75, 3.05) is 32.7 Å². The van der Waals surface area contributed by atoms with Crippen LogP contribution in [0.25, 0.3) is 38.9 Å². The van der Waals surface area contributed by atoms with E-state index in [0.717, 1.165) is 82.9 Å². The normalized spacial score (nSPS) is 16.0. The molecule has 0 bridgehead atoms. The number of aromatic nitrogens is 4. The molecule has 0 spiro atoms. The Hall–Kier alpha value is -4.46. The maximum Gasteiger partial charge on any atom is 0.179 e. The van der Waals surface area contributed by atoms with E-state index in [2.05, 4.69) is 61.8 Å². The van der Waals surface area contributed by atoms with Crippen molar-refractivity contribution in [2.45, 2.75) is 0 Å². The first kappa shape index (κ1) is 20.2. The lowest BCUT2D eigenvalue weighted by Gasteiger charge is -2.31. The molecule has 4 aromatic rings. The summed E-state index contributed by atoms with van der Waals surface area (Å²) in [7, 11) is 0. The third kappa shape index (κ3) is 3.79. The lowest BCUT2D eigenvalue weighted by Crippen LogP contribution is -2.44. The molecule has 34 heavy (non-hydrogen) atoms. The van der Waals surface area contributed by atoms with Gasteiger partial charge in [-0.2, -0.15) is 5.26 Å². The van der Waals surface area contributed by atoms with Gasteiger partial charge in [0.25, 0.3) is 0 Å². The molecule has 1 saturated heterocycles. The molecular weight excluding hydrogens is 422 g/mol. The van der Waals surface area contributed by atoms with Gasteiger partial charge in [0, 0.05) is 43.9 Å². The summed E-state index contributed by atoms with van der Waals surface area (Å²) in [5, 5.41) is 9.05. The van der Waals surface area contributed by atoms with E-state index in [-0.39, 0.29) is 0 Å². The van der Waals surface area contributed by atoms with E-state index in [9.17, 15) is 0 Å². The molecule has 3 heterocycles. The Morgan fingerprint density at radius 3 is 2.47 bits per heavy atom. The minimum absolute atomic E-state index is 0.774. The second-order valence-corrected chi connectivity index (χ2v) is 8.44. The number of benzene rings is 2. The molecule has 0 radical (unpaired) electrons. The van der Waals surface area contributed by atoms with Crippen molar-refractivity contribution in [1.82, 2.24) is 29.7 Å². The van der Waals surface area contributed by atoms with Crippen molar-refractivity contribution in [3.63, 3.8) is 0 Å². The Morgan fingerprint density at radius 2 is 1.74 bits per heavy atom. The monoisotopic (exact) mass is 443 g/mol. The molecule has 7 heteroatoms. The van der Waals surface area contributed by atoms with Crippen molar-refractivity contribution in [2.24, 2.45) is 0 Å². The summed E-state index contributed by atoms with van der Waals surface area (Å²) in [6, 6.07) is 14.1. The Bertz CT molecular complexity index is 1570. The van der Waals surface area contributed by atoms with E-state index in [1.165, 1.54) is 0 Å². The Balaban J connectivity index is 1.42. The number of imidazole rings is 1. The van der Waals surface area contributed by atoms with Gasteiger partial charge in [-0.1, -0.05) is 41.8 Å². The Morgan fingerprint density at radius 1 is 0.941 bits per heavy atom. The number of hydrogen-bond donors (Lipinski definition) is 1. The largest absolute Gasteiger partial charge is 0.351 e. The number of rotatable bonds is 4. The van der Waals surface area contributed by atoms with E-state index in [0.29, 0.717) is 0 Å². The first-order valence-corrected chi connectivity index (χ1v) is 11.3. The van der Waals surface area contributed by atoms with Crippen molar-refractivity contribution in [3.05, 3.63) is 83.7 Å². The number of aromatic amines is 1. The van der Waals surface area contributed by atoms with E-state index in [4.69, 9.17) is 10.2 Å². The van der Waals surface area contributed by atoms with Crippen LogP contribution in [0, 0.1) is 11.5 Å². The van der Waals surface area contributed by atoms with Crippen LogP contribution < -0.4 is 0 Å². The smallest absolute Gasteiger partial charge is 0.179 e. The average molecular weight is 444 g/mol. The topological polar surface area (TPSA) is 84.7 Å². The molecule has 2 aliphatic rings. The molecule has 0 unspecified atom stereocenters. The molecule has 164 valence electrons. The second kappa shape index (κ2) is 8.47. The molecule has 0 atom stereocenters. The van der Waals surface area contributed by atoms with Crippen LogP contribution in [-0.4, -0.2) is 62.5 Å². The Labute approximate surface area is 196 Å². The van der Waals surface area contributed by atoms with Crippen LogP contribution >= 0.6 is 0 Å². The summed E-state index contributed by atoms with van der Waals surface area (Å²) >= 11 is 0. The first-order valence-electron chi connectivity index (χ1n) is 11.3. The van der Waals surface area contributed by atoms with Crippen LogP contribution in [0.4, 0.5) is 0 Å². The summed E-state index contributed by atoms with van der Waals surface area (Å²) in [5.74, 6) is 0. The fraction of sp³-hybridized carbons (Fsp3) is 0.185. The molecule has 0 amide bonds. The summed E-state index contributed by atoms with van der Waals surface area (Å²) in [6.07, 6.45) is 7.96. The minimum atomic E-state index is 0.774. The van der Waals surface area contributed by atoms with Gasteiger partial charge in [-0.25, -0.2) is 15.0 Å². The van der Waals surface area contributed by atoms with E-state index < -0.39 is 0 Å².